The number of hydrogen-bond acceptors (Lipinski definition) is 3. The van der Waals surface area contributed by atoms with E-state index in [0.29, 0.717) is 18.9 Å². The Bertz CT molecular complexity index is 834. The Labute approximate surface area is 167 Å². The van der Waals surface area contributed by atoms with Gasteiger partial charge in [-0.1, -0.05) is 25.5 Å². The van der Waals surface area contributed by atoms with Gasteiger partial charge in [-0.25, -0.2) is 4.39 Å². The Morgan fingerprint density at radius 3 is 2.68 bits per heavy atom. The number of aromatic nitrogens is 2. The van der Waals surface area contributed by atoms with Gasteiger partial charge in [0, 0.05) is 29.6 Å². The van der Waals surface area contributed by atoms with E-state index in [-0.39, 0.29) is 6.04 Å². The summed E-state index contributed by atoms with van der Waals surface area (Å²) in [4.78, 5) is 0. The standard InChI is InChI=1S/C21H27FN4.C2H2/c1-14(25-21-5-3-2-4-19(21)22)10-16-11-15(6-9-20(16)23)17-12-24-26(13-17)18-7-8-18;1-2/h6,9,11-13,18-19,21,25H,1-5,7-8,10,23H2;1-2H/t19?,21-;/m1./s1. The number of terminal acetylenes is 1. The molecule has 0 bridgehead atoms. The van der Waals surface area contributed by atoms with Crippen molar-refractivity contribution >= 4 is 5.69 Å². The Morgan fingerprint density at radius 2 is 1.96 bits per heavy atom. The van der Waals surface area contributed by atoms with E-state index in [1.165, 1.54) is 12.8 Å². The number of halogens is 1. The summed E-state index contributed by atoms with van der Waals surface area (Å²) in [5.74, 6) is 0. The number of alkyl halides is 1. The zero-order chi connectivity index (χ0) is 20.1. The van der Waals surface area contributed by atoms with Crippen LogP contribution >= 0.6 is 0 Å². The number of nitrogens with one attached hydrogen (secondary N) is 1. The van der Waals surface area contributed by atoms with E-state index in [9.17, 15) is 4.39 Å². The fraction of sp³-hybridized carbons (Fsp3) is 0.435. The fourth-order valence-corrected chi connectivity index (χ4v) is 3.76. The van der Waals surface area contributed by atoms with Crippen LogP contribution in [0, 0.1) is 12.8 Å². The predicted octanol–water partition coefficient (Wildman–Crippen LogP) is 4.64. The molecule has 148 valence electrons. The Balaban J connectivity index is 0.00000109. The van der Waals surface area contributed by atoms with Crippen LogP contribution in [0.2, 0.25) is 0 Å². The maximum atomic E-state index is 14.0. The number of anilines is 1. The second kappa shape index (κ2) is 8.97. The molecule has 4 rings (SSSR count). The second-order valence-corrected chi connectivity index (χ2v) is 7.69. The van der Waals surface area contributed by atoms with Crippen molar-refractivity contribution in [2.45, 2.75) is 63.2 Å². The summed E-state index contributed by atoms with van der Waals surface area (Å²) in [6.07, 6.45) is 17.9. The Hall–Kier alpha value is -2.74. The number of nitrogen functional groups attached to an aromatic ring is 1. The van der Waals surface area contributed by atoms with Gasteiger partial charge in [-0.3, -0.25) is 4.68 Å². The van der Waals surface area contributed by atoms with Gasteiger partial charge in [0.1, 0.15) is 6.17 Å². The van der Waals surface area contributed by atoms with Gasteiger partial charge < -0.3 is 11.1 Å². The van der Waals surface area contributed by atoms with Crippen LogP contribution in [0.4, 0.5) is 10.1 Å². The van der Waals surface area contributed by atoms with Crippen molar-refractivity contribution in [1.82, 2.24) is 15.1 Å². The fourth-order valence-electron chi connectivity index (χ4n) is 3.76. The molecule has 0 aliphatic heterocycles. The van der Waals surface area contributed by atoms with Gasteiger partial charge in [0.2, 0.25) is 0 Å². The van der Waals surface area contributed by atoms with Crippen LogP contribution in [0.25, 0.3) is 11.1 Å². The molecule has 2 aliphatic carbocycles. The minimum atomic E-state index is -0.780. The molecule has 0 amide bonds. The van der Waals surface area contributed by atoms with Crippen molar-refractivity contribution in [2.24, 2.45) is 0 Å². The van der Waals surface area contributed by atoms with Crippen LogP contribution in [-0.4, -0.2) is 22.0 Å². The molecule has 3 N–H and O–H groups in total. The predicted molar refractivity (Wildman–Crippen MR) is 113 cm³/mol. The SMILES string of the molecule is C#C.C=C(Cc1cc(-c2cnn(C3CC3)c2)ccc1N)N[C@@H]1CCCCC1F. The zero-order valence-corrected chi connectivity index (χ0v) is 16.3. The molecule has 2 fully saturated rings. The quantitative estimate of drug-likeness (QED) is 0.567. The highest BCUT2D eigenvalue weighted by Gasteiger charge is 2.25. The van der Waals surface area contributed by atoms with Gasteiger partial charge in [0.25, 0.3) is 0 Å². The molecule has 1 unspecified atom stereocenters. The molecular weight excluding hydrogens is 351 g/mol. The molecular formula is C23H29FN4. The number of hydrogen-bond donors (Lipinski definition) is 2. The lowest BCUT2D eigenvalue weighted by Crippen LogP contribution is -2.39. The molecule has 5 heteroatoms. The second-order valence-electron chi connectivity index (χ2n) is 7.69. The van der Waals surface area contributed by atoms with E-state index in [4.69, 9.17) is 5.73 Å². The molecule has 1 heterocycles. The molecule has 28 heavy (non-hydrogen) atoms. The van der Waals surface area contributed by atoms with Crippen LogP contribution in [0.15, 0.2) is 42.9 Å². The smallest absolute Gasteiger partial charge is 0.120 e. The summed E-state index contributed by atoms with van der Waals surface area (Å²) in [5, 5.41) is 7.76. The lowest BCUT2D eigenvalue weighted by atomic mass is 9.93. The average molecular weight is 381 g/mol. The third kappa shape index (κ3) is 4.75. The zero-order valence-electron chi connectivity index (χ0n) is 16.3. The van der Waals surface area contributed by atoms with E-state index >= 15 is 0 Å². The molecule has 2 aliphatic rings. The third-order valence-electron chi connectivity index (χ3n) is 5.47. The van der Waals surface area contributed by atoms with Crippen molar-refractivity contribution in [2.75, 3.05) is 5.73 Å². The first-order valence-electron chi connectivity index (χ1n) is 9.95. The first kappa shape index (κ1) is 20.0. The first-order valence-corrected chi connectivity index (χ1v) is 9.95. The van der Waals surface area contributed by atoms with Crippen LogP contribution in [-0.2, 0) is 6.42 Å². The minimum absolute atomic E-state index is 0.113. The molecule has 1 aromatic carbocycles. The highest BCUT2D eigenvalue weighted by atomic mass is 19.1. The van der Waals surface area contributed by atoms with Gasteiger partial charge in [-0.15, -0.1) is 12.8 Å². The molecule has 2 atom stereocenters. The summed E-state index contributed by atoms with van der Waals surface area (Å²) in [6, 6.07) is 6.53. The van der Waals surface area contributed by atoms with Gasteiger partial charge in [0.15, 0.2) is 0 Å². The summed E-state index contributed by atoms with van der Waals surface area (Å²) < 4.78 is 16.1. The van der Waals surface area contributed by atoms with E-state index < -0.39 is 6.17 Å². The number of nitrogens with zero attached hydrogens (tertiary/aromatic N) is 2. The van der Waals surface area contributed by atoms with Crippen molar-refractivity contribution in [3.63, 3.8) is 0 Å². The molecule has 0 radical (unpaired) electrons. The lowest BCUT2D eigenvalue weighted by molar-refractivity contribution is 0.197. The molecule has 2 aromatic rings. The third-order valence-corrected chi connectivity index (χ3v) is 5.47. The summed E-state index contributed by atoms with van der Waals surface area (Å²) in [6.45, 7) is 4.11. The van der Waals surface area contributed by atoms with Gasteiger partial charge in [0.05, 0.1) is 18.3 Å². The number of rotatable bonds is 6. The summed E-state index contributed by atoms with van der Waals surface area (Å²) >= 11 is 0. The summed E-state index contributed by atoms with van der Waals surface area (Å²) in [7, 11) is 0. The van der Waals surface area contributed by atoms with E-state index in [1.807, 2.05) is 18.3 Å². The normalized spacial score (nSPS) is 21.4. The largest absolute Gasteiger partial charge is 0.398 e. The molecule has 4 nitrogen and oxygen atoms in total. The maximum Gasteiger partial charge on any atom is 0.120 e. The molecule has 1 aromatic heterocycles. The van der Waals surface area contributed by atoms with Crippen molar-refractivity contribution in [3.05, 3.63) is 48.4 Å². The highest BCUT2D eigenvalue weighted by molar-refractivity contribution is 5.67. The average Bonchev–Trinajstić information content (AvgIpc) is 3.44. The Morgan fingerprint density at radius 1 is 1.21 bits per heavy atom. The minimum Gasteiger partial charge on any atom is -0.398 e. The highest BCUT2D eigenvalue weighted by Crippen LogP contribution is 2.35. The van der Waals surface area contributed by atoms with Crippen LogP contribution in [0.1, 0.15) is 50.1 Å². The van der Waals surface area contributed by atoms with E-state index in [1.54, 1.807) is 0 Å². The topological polar surface area (TPSA) is 55.9 Å². The summed E-state index contributed by atoms with van der Waals surface area (Å²) in [5.41, 5.74) is 11.0. The molecule has 2 saturated carbocycles. The van der Waals surface area contributed by atoms with Crippen LogP contribution in [0.5, 0.6) is 0 Å². The molecule has 0 saturated heterocycles. The monoisotopic (exact) mass is 380 g/mol. The maximum absolute atomic E-state index is 14.0. The van der Waals surface area contributed by atoms with Crippen LogP contribution in [0.3, 0.4) is 0 Å². The van der Waals surface area contributed by atoms with E-state index in [0.717, 1.165) is 47.3 Å². The van der Waals surface area contributed by atoms with Gasteiger partial charge >= 0.3 is 0 Å². The number of nitrogens with two attached hydrogens (primary N) is 1. The number of allylic oxidation sites excluding steroid dienone is 1. The lowest BCUT2D eigenvalue weighted by Gasteiger charge is -2.28. The van der Waals surface area contributed by atoms with E-state index in [2.05, 4.69) is 46.8 Å². The van der Waals surface area contributed by atoms with Crippen molar-refractivity contribution < 1.29 is 4.39 Å². The van der Waals surface area contributed by atoms with Crippen molar-refractivity contribution in [1.29, 1.82) is 0 Å². The number of benzene rings is 1. The Kier molecular flexibility index (Phi) is 6.41. The van der Waals surface area contributed by atoms with Gasteiger partial charge in [-0.2, -0.15) is 5.10 Å². The molecule has 0 spiro atoms. The van der Waals surface area contributed by atoms with Crippen LogP contribution < -0.4 is 11.1 Å². The van der Waals surface area contributed by atoms with Crippen molar-refractivity contribution in [3.8, 4) is 24.0 Å². The van der Waals surface area contributed by atoms with Gasteiger partial charge in [-0.05, 0) is 48.9 Å². The first-order chi connectivity index (χ1) is 13.6.